The molecule has 0 saturated heterocycles. The largest absolute Gasteiger partial charge is 0.494 e. The first-order valence-electron chi connectivity index (χ1n) is 10.9. The van der Waals surface area contributed by atoms with E-state index in [1.165, 1.54) is 5.56 Å². The third-order valence-corrected chi connectivity index (χ3v) is 5.71. The van der Waals surface area contributed by atoms with E-state index in [1.54, 1.807) is 4.90 Å². The highest BCUT2D eigenvalue weighted by atomic mass is 32.1. The van der Waals surface area contributed by atoms with Crippen molar-refractivity contribution in [2.75, 3.05) is 13.7 Å². The van der Waals surface area contributed by atoms with Gasteiger partial charge in [0, 0.05) is 32.1 Å². The Labute approximate surface area is 195 Å². The van der Waals surface area contributed by atoms with Gasteiger partial charge in [-0.25, -0.2) is 0 Å². The Bertz CT molecular complexity index is 1090. The van der Waals surface area contributed by atoms with Gasteiger partial charge in [0.05, 0.1) is 6.61 Å². The Morgan fingerprint density at radius 1 is 1.12 bits per heavy atom. The van der Waals surface area contributed by atoms with Crippen LogP contribution in [-0.2, 0) is 23.3 Å². The molecule has 0 aliphatic rings. The van der Waals surface area contributed by atoms with Crippen LogP contribution < -0.4 is 4.74 Å². The summed E-state index contributed by atoms with van der Waals surface area (Å²) in [6.45, 7) is 10.2. The number of ether oxygens (including phenoxy) is 1. The number of amides is 1. The van der Waals surface area contributed by atoms with E-state index in [-0.39, 0.29) is 11.3 Å². The predicted octanol–water partition coefficient (Wildman–Crippen LogP) is 5.35. The zero-order chi connectivity index (χ0) is 23.3. The van der Waals surface area contributed by atoms with E-state index in [1.807, 2.05) is 42.8 Å². The van der Waals surface area contributed by atoms with E-state index in [2.05, 4.69) is 55.2 Å². The number of carbonyl (C=O) groups is 1. The number of nitrogens with zero attached hydrogens (tertiary/aromatic N) is 3. The first-order valence-corrected chi connectivity index (χ1v) is 11.3. The summed E-state index contributed by atoms with van der Waals surface area (Å²) in [5.41, 5.74) is 3.43. The van der Waals surface area contributed by atoms with E-state index < -0.39 is 0 Å². The molecule has 1 aromatic heterocycles. The van der Waals surface area contributed by atoms with Crippen molar-refractivity contribution in [3.8, 4) is 17.1 Å². The standard InChI is InChI=1S/C25H32N4O2S/c1-6-31-21-13-9-19(10-14-21)23-26-27-24(32)29(23)16-15-22(30)28(5)17-18-7-11-20(12-8-18)25(2,3)4/h7-14H,6,15-17H2,1-5H3,(H,27,32). The predicted molar refractivity (Wildman–Crippen MR) is 130 cm³/mol. The zero-order valence-electron chi connectivity index (χ0n) is 19.5. The summed E-state index contributed by atoms with van der Waals surface area (Å²) in [5.74, 6) is 1.58. The zero-order valence-corrected chi connectivity index (χ0v) is 20.3. The van der Waals surface area contributed by atoms with Gasteiger partial charge in [-0.1, -0.05) is 45.0 Å². The lowest BCUT2D eigenvalue weighted by atomic mass is 9.87. The molecule has 1 N–H and O–H groups in total. The molecule has 170 valence electrons. The number of H-pyrrole nitrogens is 1. The van der Waals surface area contributed by atoms with Crippen molar-refractivity contribution in [1.29, 1.82) is 0 Å². The molecular formula is C25H32N4O2S. The molecule has 7 heteroatoms. The molecule has 6 nitrogen and oxygen atoms in total. The molecule has 0 atom stereocenters. The Kier molecular flexibility index (Phi) is 7.51. The fourth-order valence-corrected chi connectivity index (χ4v) is 3.71. The van der Waals surface area contributed by atoms with Gasteiger partial charge < -0.3 is 9.64 Å². The molecule has 2 aromatic carbocycles. The van der Waals surface area contributed by atoms with Gasteiger partial charge in [-0.3, -0.25) is 14.5 Å². The number of carbonyl (C=O) groups excluding carboxylic acids is 1. The summed E-state index contributed by atoms with van der Waals surface area (Å²) in [7, 11) is 1.84. The maximum Gasteiger partial charge on any atom is 0.224 e. The van der Waals surface area contributed by atoms with Crippen LogP contribution in [0.5, 0.6) is 5.75 Å². The quantitative estimate of drug-likeness (QED) is 0.468. The number of nitrogens with one attached hydrogen (secondary N) is 1. The molecule has 1 amide bonds. The molecule has 3 rings (SSSR count). The van der Waals surface area contributed by atoms with Gasteiger partial charge in [0.15, 0.2) is 10.6 Å². The first kappa shape index (κ1) is 23.7. The molecule has 0 aliphatic heterocycles. The van der Waals surface area contributed by atoms with Crippen LogP contribution in [0.25, 0.3) is 11.4 Å². The minimum absolute atomic E-state index is 0.0608. The van der Waals surface area contributed by atoms with Crippen molar-refractivity contribution in [2.24, 2.45) is 0 Å². The van der Waals surface area contributed by atoms with Crippen LogP contribution in [-0.4, -0.2) is 39.2 Å². The van der Waals surface area contributed by atoms with E-state index in [9.17, 15) is 4.79 Å². The van der Waals surface area contributed by atoms with Gasteiger partial charge in [0.25, 0.3) is 0 Å². The SMILES string of the molecule is CCOc1ccc(-c2n[nH]c(=S)n2CCC(=O)N(C)Cc2ccc(C(C)(C)C)cc2)cc1. The van der Waals surface area contributed by atoms with Crippen LogP contribution in [0.2, 0.25) is 0 Å². The van der Waals surface area contributed by atoms with Crippen LogP contribution in [0.1, 0.15) is 45.2 Å². The number of hydrogen-bond acceptors (Lipinski definition) is 4. The third-order valence-electron chi connectivity index (χ3n) is 5.40. The van der Waals surface area contributed by atoms with Crippen LogP contribution in [0.15, 0.2) is 48.5 Å². The van der Waals surface area contributed by atoms with Crippen LogP contribution in [0.3, 0.4) is 0 Å². The van der Waals surface area contributed by atoms with Crippen LogP contribution in [0, 0.1) is 4.77 Å². The summed E-state index contributed by atoms with van der Waals surface area (Å²) in [4.78, 5) is 14.5. The van der Waals surface area contributed by atoms with E-state index in [0.29, 0.717) is 36.7 Å². The third kappa shape index (κ3) is 5.85. The molecule has 0 bridgehead atoms. The molecular weight excluding hydrogens is 420 g/mol. The smallest absolute Gasteiger partial charge is 0.224 e. The van der Waals surface area contributed by atoms with Gasteiger partial charge in [-0.2, -0.15) is 5.10 Å². The summed E-state index contributed by atoms with van der Waals surface area (Å²) in [6, 6.07) is 16.2. The van der Waals surface area contributed by atoms with Crippen molar-refractivity contribution in [3.05, 3.63) is 64.4 Å². The number of rotatable bonds is 8. The number of benzene rings is 2. The second kappa shape index (κ2) is 10.1. The van der Waals surface area contributed by atoms with E-state index >= 15 is 0 Å². The minimum Gasteiger partial charge on any atom is -0.494 e. The van der Waals surface area contributed by atoms with Crippen LogP contribution >= 0.6 is 12.2 Å². The van der Waals surface area contributed by atoms with Gasteiger partial charge in [0.2, 0.25) is 5.91 Å². The summed E-state index contributed by atoms with van der Waals surface area (Å²) < 4.78 is 7.88. The van der Waals surface area contributed by atoms with Crippen LogP contribution in [0.4, 0.5) is 0 Å². The Morgan fingerprint density at radius 3 is 2.38 bits per heavy atom. The second-order valence-corrected chi connectivity index (χ2v) is 9.29. The normalized spacial score (nSPS) is 11.4. The van der Waals surface area contributed by atoms with Crippen molar-refractivity contribution < 1.29 is 9.53 Å². The molecule has 0 spiro atoms. The maximum absolute atomic E-state index is 12.8. The maximum atomic E-state index is 12.8. The van der Waals surface area contributed by atoms with Gasteiger partial charge in [-0.05, 0) is 59.9 Å². The van der Waals surface area contributed by atoms with Gasteiger partial charge in [-0.15, -0.1) is 0 Å². The number of aromatic nitrogens is 3. The molecule has 1 heterocycles. The lowest BCUT2D eigenvalue weighted by Gasteiger charge is -2.21. The molecule has 32 heavy (non-hydrogen) atoms. The van der Waals surface area contributed by atoms with E-state index in [4.69, 9.17) is 17.0 Å². The average Bonchev–Trinajstić information content (AvgIpc) is 3.12. The van der Waals surface area contributed by atoms with Gasteiger partial charge in [0.1, 0.15) is 5.75 Å². The van der Waals surface area contributed by atoms with Crippen molar-refractivity contribution in [2.45, 2.75) is 52.6 Å². The lowest BCUT2D eigenvalue weighted by Crippen LogP contribution is -2.27. The monoisotopic (exact) mass is 452 g/mol. The summed E-state index contributed by atoms with van der Waals surface area (Å²) in [5, 5.41) is 7.21. The second-order valence-electron chi connectivity index (χ2n) is 8.91. The lowest BCUT2D eigenvalue weighted by molar-refractivity contribution is -0.130. The number of hydrogen-bond donors (Lipinski definition) is 1. The highest BCUT2D eigenvalue weighted by Gasteiger charge is 2.15. The molecule has 0 radical (unpaired) electrons. The molecule has 0 saturated carbocycles. The minimum atomic E-state index is 0.0608. The Hall–Kier alpha value is -2.93. The Morgan fingerprint density at radius 2 is 1.78 bits per heavy atom. The Balaban J connectivity index is 1.63. The van der Waals surface area contributed by atoms with Crippen molar-refractivity contribution in [1.82, 2.24) is 19.7 Å². The number of aromatic amines is 1. The summed E-state index contributed by atoms with van der Waals surface area (Å²) >= 11 is 5.40. The average molecular weight is 453 g/mol. The molecule has 0 fully saturated rings. The van der Waals surface area contributed by atoms with Crippen molar-refractivity contribution in [3.63, 3.8) is 0 Å². The first-order chi connectivity index (χ1) is 15.2. The van der Waals surface area contributed by atoms with Crippen molar-refractivity contribution >= 4 is 18.1 Å². The topological polar surface area (TPSA) is 63.1 Å². The fraction of sp³-hybridized carbons (Fsp3) is 0.400. The fourth-order valence-electron chi connectivity index (χ4n) is 3.48. The van der Waals surface area contributed by atoms with E-state index in [0.717, 1.165) is 16.9 Å². The molecule has 3 aromatic rings. The summed E-state index contributed by atoms with van der Waals surface area (Å²) in [6.07, 6.45) is 0.342. The highest BCUT2D eigenvalue weighted by molar-refractivity contribution is 7.71. The highest BCUT2D eigenvalue weighted by Crippen LogP contribution is 2.23. The molecule has 0 unspecified atom stereocenters. The molecule has 0 aliphatic carbocycles. The van der Waals surface area contributed by atoms with Gasteiger partial charge >= 0.3 is 0 Å².